The number of amides is 2. The lowest BCUT2D eigenvalue weighted by molar-refractivity contribution is -0.136. The summed E-state index contributed by atoms with van der Waals surface area (Å²) in [4.78, 5) is 30.1. The molecule has 2 heterocycles. The van der Waals surface area contributed by atoms with Crippen LogP contribution in [0, 0.1) is 12.7 Å². The van der Waals surface area contributed by atoms with Gasteiger partial charge in [0.2, 0.25) is 0 Å². The van der Waals surface area contributed by atoms with Crippen molar-refractivity contribution in [3.63, 3.8) is 0 Å². The van der Waals surface area contributed by atoms with Crippen molar-refractivity contribution in [2.24, 2.45) is 0 Å². The minimum atomic E-state index is -0.406. The predicted octanol–water partition coefficient (Wildman–Crippen LogP) is 3.70. The van der Waals surface area contributed by atoms with Crippen molar-refractivity contribution in [1.82, 2.24) is 9.80 Å². The Labute approximate surface area is 191 Å². The Kier molecular flexibility index (Phi) is 6.89. The van der Waals surface area contributed by atoms with Crippen molar-refractivity contribution < 1.29 is 18.7 Å². The van der Waals surface area contributed by atoms with Gasteiger partial charge in [0.1, 0.15) is 11.5 Å². The van der Waals surface area contributed by atoms with Crippen LogP contribution in [-0.4, -0.2) is 61.0 Å². The molecule has 1 fully saturated rings. The number of rotatable bonds is 7. The smallest absolute Gasteiger partial charge is 0.278 e. The molecule has 0 saturated carbocycles. The molecule has 6 nitrogen and oxygen atoms in total. The predicted molar refractivity (Wildman–Crippen MR) is 122 cm³/mol. The van der Waals surface area contributed by atoms with Crippen molar-refractivity contribution in [3.05, 3.63) is 70.1 Å². The van der Waals surface area contributed by atoms with Crippen molar-refractivity contribution in [3.8, 4) is 0 Å². The van der Waals surface area contributed by atoms with Crippen LogP contribution in [0.3, 0.4) is 0 Å². The van der Waals surface area contributed by atoms with Gasteiger partial charge in [-0.3, -0.25) is 19.4 Å². The van der Waals surface area contributed by atoms with E-state index in [4.69, 9.17) is 16.3 Å². The molecule has 32 heavy (non-hydrogen) atoms. The zero-order chi connectivity index (χ0) is 22.7. The third-order valence-corrected chi connectivity index (χ3v) is 5.94. The monoisotopic (exact) mass is 457 g/mol. The van der Waals surface area contributed by atoms with Gasteiger partial charge < -0.3 is 10.1 Å². The van der Waals surface area contributed by atoms with Gasteiger partial charge in [-0.1, -0.05) is 23.7 Å². The first-order valence-corrected chi connectivity index (χ1v) is 11.0. The van der Waals surface area contributed by atoms with E-state index in [0.29, 0.717) is 42.5 Å². The first-order chi connectivity index (χ1) is 15.4. The molecular formula is C24H25ClFN3O3. The number of hydrogen-bond acceptors (Lipinski definition) is 5. The topological polar surface area (TPSA) is 61.9 Å². The summed E-state index contributed by atoms with van der Waals surface area (Å²) in [6.07, 6.45) is 0.668. The number of morpholine rings is 1. The summed E-state index contributed by atoms with van der Waals surface area (Å²) in [7, 11) is 0. The van der Waals surface area contributed by atoms with Gasteiger partial charge in [-0.15, -0.1) is 0 Å². The Morgan fingerprint density at radius 2 is 1.75 bits per heavy atom. The number of nitrogens with one attached hydrogen (secondary N) is 1. The van der Waals surface area contributed by atoms with Gasteiger partial charge in [0, 0.05) is 36.9 Å². The van der Waals surface area contributed by atoms with Crippen LogP contribution in [0.15, 0.2) is 48.2 Å². The Balaban J connectivity index is 1.58. The van der Waals surface area contributed by atoms with Crippen LogP contribution in [0.25, 0.3) is 5.57 Å². The zero-order valence-corrected chi connectivity index (χ0v) is 18.6. The van der Waals surface area contributed by atoms with Crippen LogP contribution in [0.5, 0.6) is 0 Å². The normalized spacial score (nSPS) is 17.4. The molecule has 0 atom stereocenters. The number of nitrogens with zero attached hydrogens (tertiary/aromatic N) is 2. The summed E-state index contributed by atoms with van der Waals surface area (Å²) in [5, 5.41) is 3.72. The summed E-state index contributed by atoms with van der Waals surface area (Å²) >= 11 is 6.05. The minimum Gasteiger partial charge on any atom is -0.379 e. The van der Waals surface area contributed by atoms with Crippen molar-refractivity contribution in [2.45, 2.75) is 13.3 Å². The molecule has 2 aliphatic heterocycles. The fourth-order valence-corrected chi connectivity index (χ4v) is 4.19. The van der Waals surface area contributed by atoms with Gasteiger partial charge in [-0.25, -0.2) is 4.39 Å². The number of hydrogen-bond donors (Lipinski definition) is 1. The highest BCUT2D eigenvalue weighted by molar-refractivity contribution is 6.36. The van der Waals surface area contributed by atoms with E-state index in [2.05, 4.69) is 10.2 Å². The lowest BCUT2D eigenvalue weighted by Crippen LogP contribution is -2.39. The molecule has 1 saturated heterocycles. The number of benzene rings is 2. The quantitative estimate of drug-likeness (QED) is 0.642. The van der Waals surface area contributed by atoms with Crippen LogP contribution < -0.4 is 5.32 Å². The Hall–Kier alpha value is -2.74. The van der Waals surface area contributed by atoms with E-state index in [1.807, 2.05) is 6.92 Å². The van der Waals surface area contributed by atoms with Crippen LogP contribution in [0.2, 0.25) is 5.02 Å². The number of halogens is 2. The summed E-state index contributed by atoms with van der Waals surface area (Å²) < 4.78 is 18.8. The number of aryl methyl sites for hydroxylation is 1. The molecule has 4 rings (SSSR count). The molecule has 0 aliphatic carbocycles. The second-order valence-electron chi connectivity index (χ2n) is 7.91. The maximum atomic E-state index is 13.5. The highest BCUT2D eigenvalue weighted by Gasteiger charge is 2.39. The molecule has 2 aliphatic rings. The molecule has 1 N–H and O–H groups in total. The van der Waals surface area contributed by atoms with Gasteiger partial charge in [-0.2, -0.15) is 0 Å². The second-order valence-corrected chi connectivity index (χ2v) is 8.35. The summed E-state index contributed by atoms with van der Waals surface area (Å²) in [6.45, 7) is 6.06. The Morgan fingerprint density at radius 3 is 2.44 bits per heavy atom. The fourth-order valence-electron chi connectivity index (χ4n) is 3.96. The summed E-state index contributed by atoms with van der Waals surface area (Å²) in [6, 6.07) is 10.9. The van der Waals surface area contributed by atoms with Crippen molar-refractivity contribution in [2.75, 3.05) is 44.7 Å². The summed E-state index contributed by atoms with van der Waals surface area (Å²) in [5.41, 5.74) is 2.46. The van der Waals surface area contributed by atoms with Crippen LogP contribution in [0.4, 0.5) is 10.1 Å². The molecule has 2 aromatic carbocycles. The van der Waals surface area contributed by atoms with E-state index in [0.717, 1.165) is 25.2 Å². The first-order valence-electron chi connectivity index (χ1n) is 10.6. The van der Waals surface area contributed by atoms with Gasteiger partial charge >= 0.3 is 0 Å². The van der Waals surface area contributed by atoms with Gasteiger partial charge in [0.15, 0.2) is 0 Å². The second kappa shape index (κ2) is 9.81. The lowest BCUT2D eigenvalue weighted by atomic mass is 10.0. The van der Waals surface area contributed by atoms with E-state index in [9.17, 15) is 14.0 Å². The third kappa shape index (κ3) is 4.85. The average molecular weight is 458 g/mol. The molecule has 0 radical (unpaired) electrons. The van der Waals surface area contributed by atoms with Gasteiger partial charge in [0.05, 0.1) is 18.8 Å². The van der Waals surface area contributed by atoms with Crippen LogP contribution >= 0.6 is 11.6 Å². The van der Waals surface area contributed by atoms with Gasteiger partial charge in [-0.05, 0) is 54.8 Å². The maximum absolute atomic E-state index is 13.5. The van der Waals surface area contributed by atoms with Gasteiger partial charge in [0.25, 0.3) is 11.8 Å². The Morgan fingerprint density at radius 1 is 1.03 bits per heavy atom. The van der Waals surface area contributed by atoms with E-state index < -0.39 is 5.82 Å². The van der Waals surface area contributed by atoms with E-state index in [1.165, 1.54) is 29.2 Å². The van der Waals surface area contributed by atoms with Crippen molar-refractivity contribution >= 4 is 34.7 Å². The molecule has 0 aromatic heterocycles. The SMILES string of the molecule is Cc1cc(Cl)ccc1NC1=C(c2ccc(F)cc2)C(=O)N(CCCN2CCOCC2)C1=O. The average Bonchev–Trinajstić information content (AvgIpc) is 3.01. The Bertz CT molecular complexity index is 1050. The fraction of sp³-hybridized carbons (Fsp3) is 0.333. The number of ether oxygens (including phenoxy) is 1. The standard InChI is InChI=1S/C24H25ClFN3O3/c1-16-15-18(25)5-8-20(16)27-22-21(17-3-6-19(26)7-4-17)23(30)29(24(22)31)10-2-9-28-11-13-32-14-12-28/h3-8,15,27H,2,9-14H2,1H3. The maximum Gasteiger partial charge on any atom is 0.278 e. The van der Waals surface area contributed by atoms with E-state index in [-0.39, 0.29) is 23.1 Å². The largest absolute Gasteiger partial charge is 0.379 e. The molecule has 2 aromatic rings. The van der Waals surface area contributed by atoms with Crippen molar-refractivity contribution in [1.29, 1.82) is 0 Å². The molecule has 2 amide bonds. The van der Waals surface area contributed by atoms with E-state index >= 15 is 0 Å². The molecule has 168 valence electrons. The zero-order valence-electron chi connectivity index (χ0n) is 17.9. The van der Waals surface area contributed by atoms with Crippen LogP contribution in [-0.2, 0) is 14.3 Å². The number of carbonyl (C=O) groups excluding carboxylic acids is 2. The van der Waals surface area contributed by atoms with Crippen LogP contribution in [0.1, 0.15) is 17.5 Å². The minimum absolute atomic E-state index is 0.193. The molecule has 8 heteroatoms. The third-order valence-electron chi connectivity index (χ3n) is 5.71. The summed E-state index contributed by atoms with van der Waals surface area (Å²) in [5.74, 6) is -1.17. The number of imide groups is 1. The first kappa shape index (κ1) is 22.5. The molecule has 0 spiro atoms. The number of carbonyl (C=O) groups is 2. The molecule has 0 unspecified atom stereocenters. The number of anilines is 1. The highest BCUT2D eigenvalue weighted by Crippen LogP contribution is 2.32. The van der Waals surface area contributed by atoms with E-state index in [1.54, 1.807) is 18.2 Å². The highest BCUT2D eigenvalue weighted by atomic mass is 35.5. The molecular weight excluding hydrogens is 433 g/mol. The lowest BCUT2D eigenvalue weighted by Gasteiger charge is -2.27. The molecule has 0 bridgehead atoms.